The van der Waals surface area contributed by atoms with Crippen LogP contribution in [0.15, 0.2) is 0 Å². The molecule has 0 radical (unpaired) electrons. The molecule has 74 valence electrons. The first-order valence-corrected chi connectivity index (χ1v) is 5.20. The van der Waals surface area contributed by atoms with Crippen molar-refractivity contribution in [3.05, 3.63) is 0 Å². The molecule has 0 heterocycles. The van der Waals surface area contributed by atoms with Gasteiger partial charge in [-0.25, -0.2) is 4.52 Å². The number of alkyl halides is 3. The van der Waals surface area contributed by atoms with E-state index in [0.29, 0.717) is 0 Å². The van der Waals surface area contributed by atoms with Crippen LogP contribution < -0.4 is 0 Å². The zero-order valence-corrected chi connectivity index (χ0v) is 9.20. The molecule has 0 N–H and O–H groups in total. The minimum atomic E-state index is -3.39. The molecule has 0 rings (SSSR count). The van der Waals surface area contributed by atoms with Gasteiger partial charge in [0.25, 0.3) is 0 Å². The maximum absolute atomic E-state index is 12.2. The van der Waals surface area contributed by atoms with Crippen molar-refractivity contribution < 1.29 is 22.4 Å². The van der Waals surface area contributed by atoms with Gasteiger partial charge in [0.05, 0.1) is 13.2 Å². The van der Waals surface area contributed by atoms with Gasteiger partial charge in [-0.3, -0.25) is 0 Å². The molecule has 0 atom stereocenters. The molecule has 0 aliphatic heterocycles. The van der Waals surface area contributed by atoms with Crippen LogP contribution in [0.5, 0.6) is 0 Å². The van der Waals surface area contributed by atoms with Crippen molar-refractivity contribution in [2.45, 2.75) is 18.9 Å². The Bertz CT molecular complexity index is 116. The third kappa shape index (κ3) is 7.31. The fourth-order valence-corrected chi connectivity index (χ4v) is 1.51. The third-order valence-electron chi connectivity index (χ3n) is 0.647. The lowest BCUT2D eigenvalue weighted by Gasteiger charge is -2.17. The average molecular weight is 267 g/mol. The van der Waals surface area contributed by atoms with E-state index in [1.807, 2.05) is 15.9 Å². The van der Waals surface area contributed by atoms with Crippen LogP contribution in [0, 0.1) is 0 Å². The molecule has 0 aromatic heterocycles. The van der Waals surface area contributed by atoms with Gasteiger partial charge >= 0.3 is 13.6 Å². The quantitative estimate of drug-likeness (QED) is 0.546. The second kappa shape index (κ2) is 6.16. The summed E-state index contributed by atoms with van der Waals surface area (Å²) in [5.74, 6) is 0. The van der Waals surface area contributed by atoms with Gasteiger partial charge in [0, 0.05) is 15.9 Å². The summed E-state index contributed by atoms with van der Waals surface area (Å²) >= 11 is 2.02. The average Bonchev–Trinajstić information content (AvgIpc) is 1.84. The monoisotopic (exact) mass is 266 g/mol. The summed E-state index contributed by atoms with van der Waals surface area (Å²) in [6.45, 7) is 3.89. The molecule has 3 nitrogen and oxygen atoms in total. The predicted molar refractivity (Wildman–Crippen MR) is 45.1 cm³/mol. The van der Waals surface area contributed by atoms with Gasteiger partial charge in [-0.1, -0.05) is 0 Å². The molecule has 0 bridgehead atoms. The normalized spacial score (nSPS) is 12.5. The van der Waals surface area contributed by atoms with E-state index in [2.05, 4.69) is 4.52 Å². The van der Waals surface area contributed by atoms with Crippen molar-refractivity contribution in [3.8, 4) is 0 Å². The summed E-state index contributed by atoms with van der Waals surface area (Å²) in [6, 6.07) is 0. The van der Waals surface area contributed by atoms with Gasteiger partial charge in [-0.2, -0.15) is 8.78 Å². The summed E-state index contributed by atoms with van der Waals surface area (Å²) in [7, 11) is -1.95. The Kier molecular flexibility index (Phi) is 6.49. The molecule has 0 aliphatic rings. The molecule has 0 aliphatic carbocycles. The lowest BCUT2D eigenvalue weighted by Crippen LogP contribution is -2.09. The summed E-state index contributed by atoms with van der Waals surface area (Å²) in [5, 5.41) is -3.39. The molecule has 0 aromatic rings. The Labute approximate surface area is 79.5 Å². The highest BCUT2D eigenvalue weighted by atomic mass is 79.9. The van der Waals surface area contributed by atoms with Crippen LogP contribution in [0.2, 0.25) is 0 Å². The largest absolute Gasteiger partial charge is 0.420 e. The van der Waals surface area contributed by atoms with Crippen LogP contribution in [0.1, 0.15) is 13.8 Å². The van der Waals surface area contributed by atoms with Gasteiger partial charge in [-0.05, 0) is 13.8 Å². The maximum atomic E-state index is 12.2. The van der Waals surface area contributed by atoms with Crippen LogP contribution in [0.4, 0.5) is 8.78 Å². The van der Waals surface area contributed by atoms with E-state index in [4.69, 9.17) is 9.05 Å². The Morgan fingerprint density at radius 3 is 1.92 bits per heavy atom. The summed E-state index contributed by atoms with van der Waals surface area (Å²) in [6.07, 6.45) is 0. The summed E-state index contributed by atoms with van der Waals surface area (Å²) < 4.78 is 38.0. The molecule has 0 saturated heterocycles. The molecule has 7 heteroatoms. The molecule has 12 heavy (non-hydrogen) atoms. The van der Waals surface area contributed by atoms with Crippen molar-refractivity contribution in [2.24, 2.45) is 0 Å². The predicted octanol–water partition coefficient (Wildman–Crippen LogP) is 3.25. The first-order chi connectivity index (χ1) is 5.49. The highest BCUT2D eigenvalue weighted by Crippen LogP contribution is 2.46. The molecular formula is C5H10BrF2O3P. The minimum absolute atomic E-state index is 0.273. The first-order valence-electron chi connectivity index (χ1n) is 3.31. The van der Waals surface area contributed by atoms with E-state index in [1.165, 1.54) is 0 Å². The topological polar surface area (TPSA) is 27.7 Å². The molecule has 0 fully saturated rings. The fourth-order valence-electron chi connectivity index (χ4n) is 0.385. The summed E-state index contributed by atoms with van der Waals surface area (Å²) in [4.78, 5) is 0. The van der Waals surface area contributed by atoms with Gasteiger partial charge in [-0.15, -0.1) is 0 Å². The van der Waals surface area contributed by atoms with Gasteiger partial charge < -0.3 is 9.05 Å². The maximum Gasteiger partial charge on any atom is 0.420 e. The van der Waals surface area contributed by atoms with Crippen molar-refractivity contribution >= 4 is 24.5 Å². The summed E-state index contributed by atoms with van der Waals surface area (Å²) in [5.41, 5.74) is 0. The Hall–Kier alpha value is 0.650. The second-order valence-corrected chi connectivity index (χ2v) is 3.67. The van der Waals surface area contributed by atoms with Crippen LogP contribution in [0.25, 0.3) is 0 Å². The molecule has 0 saturated carbocycles. The van der Waals surface area contributed by atoms with E-state index in [9.17, 15) is 8.78 Å². The molecular weight excluding hydrogens is 257 g/mol. The van der Waals surface area contributed by atoms with E-state index in [0.717, 1.165) is 0 Å². The van der Waals surface area contributed by atoms with Crippen molar-refractivity contribution in [3.63, 3.8) is 0 Å². The van der Waals surface area contributed by atoms with Crippen LogP contribution in [-0.2, 0) is 13.6 Å². The standard InChI is InChI=1S/C5H10BrF2O3P/c1-3-9-12(10-4-2)11-5(6,7)8/h3-4H2,1-2H3. The minimum Gasteiger partial charge on any atom is -0.312 e. The lowest BCUT2D eigenvalue weighted by molar-refractivity contribution is -0.0919. The fraction of sp³-hybridized carbons (Fsp3) is 1.00. The van der Waals surface area contributed by atoms with Crippen LogP contribution >= 0.6 is 24.5 Å². The smallest absolute Gasteiger partial charge is 0.312 e. The zero-order chi connectivity index (χ0) is 9.61. The first kappa shape index (κ1) is 12.7. The van der Waals surface area contributed by atoms with Crippen LogP contribution in [-0.4, -0.2) is 18.2 Å². The SMILES string of the molecule is CCOP(OCC)OC(F)(F)Br. The zero-order valence-electron chi connectivity index (χ0n) is 6.72. The van der Waals surface area contributed by atoms with Crippen molar-refractivity contribution in [1.82, 2.24) is 0 Å². The number of hydrogen-bond donors (Lipinski definition) is 0. The molecule has 0 spiro atoms. The Balaban J connectivity index is 3.77. The third-order valence-corrected chi connectivity index (χ3v) is 2.38. The van der Waals surface area contributed by atoms with E-state index < -0.39 is 13.6 Å². The second-order valence-electron chi connectivity index (χ2n) is 1.60. The van der Waals surface area contributed by atoms with Crippen LogP contribution in [0.3, 0.4) is 0 Å². The number of halogens is 3. The molecule has 0 amide bonds. The van der Waals surface area contributed by atoms with E-state index in [-0.39, 0.29) is 13.2 Å². The van der Waals surface area contributed by atoms with Gasteiger partial charge in [0.2, 0.25) is 0 Å². The van der Waals surface area contributed by atoms with Crippen molar-refractivity contribution in [1.29, 1.82) is 0 Å². The lowest BCUT2D eigenvalue weighted by atomic mass is 10.9. The Morgan fingerprint density at radius 2 is 1.67 bits per heavy atom. The number of hydrogen-bond acceptors (Lipinski definition) is 3. The van der Waals surface area contributed by atoms with Crippen molar-refractivity contribution in [2.75, 3.05) is 13.2 Å². The Morgan fingerprint density at radius 1 is 1.25 bits per heavy atom. The molecule has 0 unspecified atom stereocenters. The van der Waals surface area contributed by atoms with Gasteiger partial charge in [0.15, 0.2) is 0 Å². The highest BCUT2D eigenvalue weighted by Gasteiger charge is 2.32. The number of rotatable bonds is 6. The van der Waals surface area contributed by atoms with Gasteiger partial charge in [0.1, 0.15) is 0 Å². The van der Waals surface area contributed by atoms with E-state index in [1.54, 1.807) is 13.8 Å². The highest BCUT2D eigenvalue weighted by molar-refractivity contribution is 9.09. The molecule has 0 aromatic carbocycles. The van der Waals surface area contributed by atoms with E-state index >= 15 is 0 Å².